The third-order valence-electron chi connectivity index (χ3n) is 14.0. The molecule has 0 unspecified atom stereocenters. The Kier molecular flexibility index (Phi) is 12.7. The van der Waals surface area contributed by atoms with Crippen molar-refractivity contribution in [3.63, 3.8) is 0 Å². The first-order valence-electron chi connectivity index (χ1n) is 23.1. The summed E-state index contributed by atoms with van der Waals surface area (Å²) < 4.78 is 1.20. The summed E-state index contributed by atoms with van der Waals surface area (Å²) >= 11 is 3.98. The van der Waals surface area contributed by atoms with Gasteiger partial charge >= 0.3 is 0 Å². The van der Waals surface area contributed by atoms with Crippen molar-refractivity contribution in [2.45, 2.75) is 174 Å². The van der Waals surface area contributed by atoms with Crippen molar-refractivity contribution >= 4 is 15.9 Å². The number of fused-ring (bicyclic) bond motifs is 6. The first-order valence-corrected chi connectivity index (χ1v) is 23.9. The zero-order valence-corrected chi connectivity index (χ0v) is 39.1. The first-order chi connectivity index (χ1) is 27.8. The molecule has 1 heteroatoms. The molecule has 5 aromatic rings. The summed E-state index contributed by atoms with van der Waals surface area (Å²) in [4.78, 5) is 0. The molecule has 0 fully saturated rings. The second kappa shape index (κ2) is 17.3. The van der Waals surface area contributed by atoms with E-state index in [0.717, 1.165) is 0 Å². The van der Waals surface area contributed by atoms with E-state index in [1.165, 1.54) is 156 Å². The molecule has 0 aliphatic heterocycles. The Morgan fingerprint density at radius 2 is 0.845 bits per heavy atom. The highest BCUT2D eigenvalue weighted by atomic mass is 79.9. The van der Waals surface area contributed by atoms with Crippen LogP contribution in [-0.2, 0) is 21.7 Å². The topological polar surface area (TPSA) is 0 Å². The standard InChI is InChI=1S/C57H71Br/c1-10-12-14-16-18-20-34-56(35-21-19-17-15-13-11-2)50-37-45(58)31-33-46(50)48-39-53-49(38-51(48)56)47-32-22-40(3)36-52(47)57(53,43-27-23-41(24-28-43)54(4,5)6)44-29-25-42(26-30-44)55(7,8)9/h22-33,36-39H,10-21,34-35H2,1-9H3. The maximum atomic E-state index is 3.98. The molecule has 0 saturated heterocycles. The molecule has 0 atom stereocenters. The molecule has 0 nitrogen and oxygen atoms in total. The Balaban J connectivity index is 1.48. The SMILES string of the molecule is CCCCCCCCC1(CCCCCCCC)c2cc(Br)ccc2-c2cc3c(cc21)-c1ccc(C)cc1C3(c1ccc(C(C)(C)C)cc1)c1ccc(C(C)(C)C)cc1. The van der Waals surface area contributed by atoms with Crippen molar-refractivity contribution in [3.05, 3.63) is 152 Å². The Morgan fingerprint density at radius 3 is 1.36 bits per heavy atom. The van der Waals surface area contributed by atoms with Crippen LogP contribution in [-0.4, -0.2) is 0 Å². The molecular weight excluding hydrogens is 765 g/mol. The van der Waals surface area contributed by atoms with Crippen molar-refractivity contribution in [2.75, 3.05) is 0 Å². The molecule has 2 aliphatic carbocycles. The van der Waals surface area contributed by atoms with E-state index in [-0.39, 0.29) is 16.2 Å². The number of rotatable bonds is 16. The Morgan fingerprint density at radius 1 is 0.431 bits per heavy atom. The largest absolute Gasteiger partial charge is 0.0713 e. The van der Waals surface area contributed by atoms with Gasteiger partial charge in [0.05, 0.1) is 5.41 Å². The molecule has 0 saturated carbocycles. The smallest absolute Gasteiger partial charge is 0.0654 e. The van der Waals surface area contributed by atoms with Gasteiger partial charge in [-0.25, -0.2) is 0 Å². The normalized spacial score (nSPS) is 14.9. The molecule has 0 radical (unpaired) electrons. The van der Waals surface area contributed by atoms with Gasteiger partial charge in [0.15, 0.2) is 0 Å². The van der Waals surface area contributed by atoms with E-state index in [2.05, 4.69) is 175 Å². The van der Waals surface area contributed by atoms with Crippen LogP contribution in [0.3, 0.4) is 0 Å². The minimum absolute atomic E-state index is 0.0117. The molecular formula is C57H71Br. The summed E-state index contributed by atoms with van der Waals surface area (Å²) in [6.07, 6.45) is 18.4. The number of benzene rings is 5. The van der Waals surface area contributed by atoms with E-state index < -0.39 is 5.41 Å². The summed E-state index contributed by atoms with van der Waals surface area (Å²) in [5.41, 5.74) is 18.2. The Hall–Kier alpha value is -3.42. The van der Waals surface area contributed by atoms with Crippen molar-refractivity contribution in [1.29, 1.82) is 0 Å². The van der Waals surface area contributed by atoms with E-state index in [1.54, 1.807) is 11.1 Å². The lowest BCUT2D eigenvalue weighted by Crippen LogP contribution is -2.29. The van der Waals surface area contributed by atoms with Crippen molar-refractivity contribution in [3.8, 4) is 22.3 Å². The van der Waals surface area contributed by atoms with Gasteiger partial charge in [-0.05, 0) is 122 Å². The molecule has 5 aromatic carbocycles. The van der Waals surface area contributed by atoms with Crippen molar-refractivity contribution in [2.24, 2.45) is 0 Å². The molecule has 0 aromatic heterocycles. The highest BCUT2D eigenvalue weighted by Gasteiger charge is 2.50. The minimum Gasteiger partial charge on any atom is -0.0654 e. The molecule has 306 valence electrons. The van der Waals surface area contributed by atoms with Gasteiger partial charge in [-0.2, -0.15) is 0 Å². The van der Waals surface area contributed by atoms with Crippen molar-refractivity contribution < 1.29 is 0 Å². The van der Waals surface area contributed by atoms with Gasteiger partial charge in [0.25, 0.3) is 0 Å². The van der Waals surface area contributed by atoms with Crippen LogP contribution >= 0.6 is 15.9 Å². The van der Waals surface area contributed by atoms with Crippen LogP contribution in [0.2, 0.25) is 0 Å². The van der Waals surface area contributed by atoms with Crippen LogP contribution in [0, 0.1) is 6.92 Å². The lowest BCUT2D eigenvalue weighted by Gasteiger charge is -2.36. The Bertz CT molecular complexity index is 2110. The second-order valence-electron chi connectivity index (χ2n) is 20.2. The molecule has 7 rings (SSSR count). The molecule has 0 spiro atoms. The molecule has 2 aliphatic rings. The minimum atomic E-state index is -0.447. The monoisotopic (exact) mass is 834 g/mol. The van der Waals surface area contributed by atoms with Crippen LogP contribution < -0.4 is 0 Å². The summed E-state index contributed by atoms with van der Waals surface area (Å²) in [7, 11) is 0. The maximum absolute atomic E-state index is 3.98. The number of hydrogen-bond donors (Lipinski definition) is 0. The maximum Gasteiger partial charge on any atom is 0.0713 e. The lowest BCUT2D eigenvalue weighted by atomic mass is 9.66. The zero-order chi connectivity index (χ0) is 41.3. The third-order valence-corrected chi connectivity index (χ3v) is 14.5. The fraction of sp³-hybridized carbons (Fsp3) is 0.474. The fourth-order valence-corrected chi connectivity index (χ4v) is 11.1. The Labute approximate surface area is 361 Å². The predicted octanol–water partition coefficient (Wildman–Crippen LogP) is 17.5. The molecule has 0 heterocycles. The quantitative estimate of drug-likeness (QED) is 0.0852. The number of hydrogen-bond acceptors (Lipinski definition) is 0. The molecule has 58 heavy (non-hydrogen) atoms. The van der Waals surface area contributed by atoms with Gasteiger partial charge in [-0.3, -0.25) is 0 Å². The predicted molar refractivity (Wildman–Crippen MR) is 256 cm³/mol. The van der Waals surface area contributed by atoms with Gasteiger partial charge in [-0.1, -0.05) is 227 Å². The number of halogens is 1. The van der Waals surface area contributed by atoms with E-state index in [1.807, 2.05) is 0 Å². The van der Waals surface area contributed by atoms with Crippen LogP contribution in [0.5, 0.6) is 0 Å². The fourth-order valence-electron chi connectivity index (χ4n) is 10.7. The summed E-state index contributed by atoms with van der Waals surface area (Å²) in [6.45, 7) is 20.9. The lowest BCUT2D eigenvalue weighted by molar-refractivity contribution is 0.398. The molecule has 0 N–H and O–H groups in total. The summed E-state index contributed by atoms with van der Waals surface area (Å²) in [5.74, 6) is 0. The van der Waals surface area contributed by atoms with Crippen LogP contribution in [0.4, 0.5) is 0 Å². The van der Waals surface area contributed by atoms with E-state index in [9.17, 15) is 0 Å². The van der Waals surface area contributed by atoms with E-state index in [0.29, 0.717) is 0 Å². The number of aryl methyl sites for hydroxylation is 1. The average Bonchev–Trinajstić information content (AvgIpc) is 3.62. The van der Waals surface area contributed by atoms with E-state index >= 15 is 0 Å². The summed E-state index contributed by atoms with van der Waals surface area (Å²) in [6, 6.07) is 39.4. The highest BCUT2D eigenvalue weighted by Crippen LogP contribution is 2.62. The van der Waals surface area contributed by atoms with E-state index in [4.69, 9.17) is 0 Å². The first kappa shape index (κ1) is 42.7. The van der Waals surface area contributed by atoms with Gasteiger partial charge in [0, 0.05) is 9.89 Å². The van der Waals surface area contributed by atoms with Gasteiger partial charge < -0.3 is 0 Å². The average molecular weight is 836 g/mol. The highest BCUT2D eigenvalue weighted by molar-refractivity contribution is 9.10. The van der Waals surface area contributed by atoms with Crippen LogP contribution in [0.1, 0.15) is 195 Å². The van der Waals surface area contributed by atoms with Crippen LogP contribution in [0.15, 0.2) is 102 Å². The second-order valence-corrected chi connectivity index (χ2v) is 21.1. The molecule has 0 bridgehead atoms. The third kappa shape index (κ3) is 7.96. The number of unbranched alkanes of at least 4 members (excludes halogenated alkanes) is 10. The van der Waals surface area contributed by atoms with Gasteiger partial charge in [0.2, 0.25) is 0 Å². The summed E-state index contributed by atoms with van der Waals surface area (Å²) in [5, 5.41) is 0. The van der Waals surface area contributed by atoms with Gasteiger partial charge in [-0.15, -0.1) is 0 Å². The zero-order valence-electron chi connectivity index (χ0n) is 37.5. The van der Waals surface area contributed by atoms with Crippen LogP contribution in [0.25, 0.3) is 22.3 Å². The van der Waals surface area contributed by atoms with Crippen molar-refractivity contribution in [1.82, 2.24) is 0 Å². The molecule has 0 amide bonds. The van der Waals surface area contributed by atoms with Gasteiger partial charge in [0.1, 0.15) is 0 Å².